The van der Waals surface area contributed by atoms with E-state index in [2.05, 4.69) is 41.5 Å². The van der Waals surface area contributed by atoms with Crippen LogP contribution in [0.15, 0.2) is 58.8 Å². The zero-order valence-electron chi connectivity index (χ0n) is 11.6. The lowest BCUT2D eigenvalue weighted by atomic mass is 10.1. The Bertz CT molecular complexity index is 635. The molecule has 0 aliphatic carbocycles. The Hall–Kier alpha value is -2.40. The molecule has 0 bridgehead atoms. The van der Waals surface area contributed by atoms with E-state index in [1.165, 1.54) is 16.3 Å². The van der Waals surface area contributed by atoms with Crippen molar-refractivity contribution in [2.24, 2.45) is 10.2 Å². The lowest BCUT2D eigenvalue weighted by molar-refractivity contribution is -0.912. The van der Waals surface area contributed by atoms with Gasteiger partial charge in [0.15, 0.2) is 0 Å². The molecule has 0 saturated heterocycles. The van der Waals surface area contributed by atoms with Crippen LogP contribution >= 0.6 is 0 Å². The molecule has 20 heavy (non-hydrogen) atoms. The summed E-state index contributed by atoms with van der Waals surface area (Å²) in [6.45, 7) is 0. The third-order valence-electron chi connectivity index (χ3n) is 3.70. The fourth-order valence-corrected chi connectivity index (χ4v) is 2.43. The summed E-state index contributed by atoms with van der Waals surface area (Å²) in [7, 11) is 4.15. The molecular formula is C15H18N5+. The molecule has 2 aromatic carbocycles. The average molecular weight is 268 g/mol. The monoisotopic (exact) mass is 268 g/mol. The van der Waals surface area contributed by atoms with Crippen molar-refractivity contribution in [3.8, 4) is 0 Å². The number of nitrogens with two attached hydrogens (primary N) is 1. The number of rotatable bonds is 2. The fourth-order valence-electron chi connectivity index (χ4n) is 2.43. The molecule has 0 aromatic heterocycles. The largest absolute Gasteiger partial charge is 0.399 e. The van der Waals surface area contributed by atoms with Crippen LogP contribution in [0.2, 0.25) is 0 Å². The fraction of sp³-hybridized carbons (Fsp3) is 0.200. The maximum Gasteiger partial charge on any atom is 0.250 e. The lowest BCUT2D eigenvalue weighted by Crippen LogP contribution is -3.14. The summed E-state index contributed by atoms with van der Waals surface area (Å²) < 4.78 is 0. The second-order valence-electron chi connectivity index (χ2n) is 4.97. The topological polar surface area (TPSA) is 58.4 Å². The number of fused-ring (bicyclic) bond motifs is 1. The Kier molecular flexibility index (Phi) is 3.12. The highest BCUT2D eigenvalue weighted by Gasteiger charge is 2.35. The number of para-hydroxylation sites is 1. The molecule has 0 amide bonds. The summed E-state index contributed by atoms with van der Waals surface area (Å²) >= 11 is 0. The molecular weight excluding hydrogens is 250 g/mol. The van der Waals surface area contributed by atoms with Gasteiger partial charge in [0.05, 0.1) is 31.0 Å². The van der Waals surface area contributed by atoms with Crippen LogP contribution in [0.3, 0.4) is 0 Å². The summed E-state index contributed by atoms with van der Waals surface area (Å²) in [5.74, 6) is 0. The molecule has 0 fully saturated rings. The molecule has 3 N–H and O–H groups in total. The van der Waals surface area contributed by atoms with Gasteiger partial charge in [0, 0.05) is 5.69 Å². The molecule has 1 aliphatic heterocycles. The third kappa shape index (κ3) is 2.12. The average Bonchev–Trinajstić information content (AvgIpc) is 2.71. The minimum Gasteiger partial charge on any atom is -0.399 e. The Morgan fingerprint density at radius 1 is 1.10 bits per heavy atom. The minimum absolute atomic E-state index is 0.00578. The van der Waals surface area contributed by atoms with Crippen LogP contribution in [-0.2, 0) is 0 Å². The molecule has 0 radical (unpaired) electrons. The van der Waals surface area contributed by atoms with Crippen LogP contribution in [0.4, 0.5) is 17.1 Å². The molecule has 0 spiro atoms. The van der Waals surface area contributed by atoms with Gasteiger partial charge in [-0.25, -0.2) is 10.0 Å². The second kappa shape index (κ2) is 4.94. The normalized spacial score (nSPS) is 21.4. The number of nitrogens with zero attached hydrogens (tertiary/aromatic N) is 3. The number of azo groups is 1. The van der Waals surface area contributed by atoms with Crippen LogP contribution in [0, 0.1) is 0 Å². The Balaban J connectivity index is 1.89. The van der Waals surface area contributed by atoms with Gasteiger partial charge in [-0.15, -0.1) is 10.2 Å². The highest BCUT2D eigenvalue weighted by molar-refractivity contribution is 5.54. The van der Waals surface area contributed by atoms with Crippen LogP contribution in [0.1, 0.15) is 11.7 Å². The van der Waals surface area contributed by atoms with Crippen LogP contribution in [-0.4, -0.2) is 14.1 Å². The first-order chi connectivity index (χ1) is 9.66. The Labute approximate surface area is 118 Å². The molecule has 2 atom stereocenters. The number of benzene rings is 2. The summed E-state index contributed by atoms with van der Waals surface area (Å²) in [5, 5.41) is 12.2. The van der Waals surface area contributed by atoms with Crippen molar-refractivity contribution in [1.29, 1.82) is 0 Å². The molecule has 3 rings (SSSR count). The van der Waals surface area contributed by atoms with Crippen LogP contribution in [0.25, 0.3) is 0 Å². The van der Waals surface area contributed by atoms with Crippen molar-refractivity contribution in [2.45, 2.75) is 6.17 Å². The number of nitrogens with one attached hydrogen (secondary N) is 1. The van der Waals surface area contributed by atoms with Crippen molar-refractivity contribution >= 4 is 17.1 Å². The number of anilines is 2. The minimum atomic E-state index is -0.00578. The van der Waals surface area contributed by atoms with E-state index in [9.17, 15) is 0 Å². The molecule has 5 heteroatoms. The first kappa shape index (κ1) is 12.6. The van der Waals surface area contributed by atoms with E-state index >= 15 is 0 Å². The van der Waals surface area contributed by atoms with Gasteiger partial charge in [0.1, 0.15) is 0 Å². The standard InChI is InChI=1S/C15H17N5/c1-19-14-6-4-3-5-13(14)15(20(19)2)18-17-12-9-7-11(16)8-10-12/h3-10,15H,16H2,1-2H3/p+1. The SMILES string of the molecule is CN1c2ccccc2C(N=Nc2ccc(N)cc2)[NH+]1C. The predicted molar refractivity (Wildman–Crippen MR) is 79.8 cm³/mol. The molecule has 1 heterocycles. The maximum absolute atomic E-state index is 5.67. The highest BCUT2D eigenvalue weighted by atomic mass is 15.7. The number of hydrogen-bond acceptors (Lipinski definition) is 4. The van der Waals surface area contributed by atoms with E-state index in [-0.39, 0.29) is 6.17 Å². The van der Waals surface area contributed by atoms with Gasteiger partial charge in [-0.05, 0) is 36.4 Å². The first-order valence-corrected chi connectivity index (χ1v) is 6.59. The van der Waals surface area contributed by atoms with Crippen LogP contribution < -0.4 is 15.8 Å². The Morgan fingerprint density at radius 3 is 2.55 bits per heavy atom. The molecule has 0 saturated carbocycles. The van der Waals surface area contributed by atoms with E-state index in [0.29, 0.717) is 0 Å². The first-order valence-electron chi connectivity index (χ1n) is 6.59. The number of nitrogen functional groups attached to an aromatic ring is 1. The molecule has 5 nitrogen and oxygen atoms in total. The lowest BCUT2D eigenvalue weighted by Gasteiger charge is -2.19. The summed E-state index contributed by atoms with van der Waals surface area (Å²) in [4.78, 5) is 0. The van der Waals surface area contributed by atoms with Gasteiger partial charge in [-0.2, -0.15) is 0 Å². The smallest absolute Gasteiger partial charge is 0.250 e. The Morgan fingerprint density at radius 2 is 1.80 bits per heavy atom. The molecule has 1 aliphatic rings. The quantitative estimate of drug-likeness (QED) is 0.646. The second-order valence-corrected chi connectivity index (χ2v) is 4.97. The van der Waals surface area contributed by atoms with Crippen molar-refractivity contribution in [3.63, 3.8) is 0 Å². The number of hydrogen-bond donors (Lipinski definition) is 2. The third-order valence-corrected chi connectivity index (χ3v) is 3.70. The van der Waals surface area contributed by atoms with E-state index in [1.807, 2.05) is 36.4 Å². The van der Waals surface area contributed by atoms with Gasteiger partial charge in [0.2, 0.25) is 0 Å². The van der Waals surface area contributed by atoms with Gasteiger partial charge >= 0.3 is 0 Å². The van der Waals surface area contributed by atoms with E-state index in [1.54, 1.807) is 0 Å². The summed E-state index contributed by atoms with van der Waals surface area (Å²) in [5.41, 5.74) is 9.62. The summed E-state index contributed by atoms with van der Waals surface area (Å²) in [6, 6.07) is 15.7. The van der Waals surface area contributed by atoms with Gasteiger partial charge in [-0.3, -0.25) is 0 Å². The highest BCUT2D eigenvalue weighted by Crippen LogP contribution is 2.29. The van der Waals surface area contributed by atoms with E-state index in [4.69, 9.17) is 5.73 Å². The van der Waals surface area contributed by atoms with Crippen molar-refractivity contribution < 1.29 is 5.01 Å². The van der Waals surface area contributed by atoms with Crippen molar-refractivity contribution in [3.05, 3.63) is 54.1 Å². The van der Waals surface area contributed by atoms with Gasteiger partial charge < -0.3 is 5.73 Å². The number of quaternary nitrogens is 1. The molecule has 2 unspecified atom stereocenters. The van der Waals surface area contributed by atoms with Gasteiger partial charge in [-0.1, -0.05) is 12.1 Å². The zero-order chi connectivity index (χ0) is 14.1. The summed E-state index contributed by atoms with van der Waals surface area (Å²) in [6.07, 6.45) is -0.00578. The zero-order valence-corrected chi connectivity index (χ0v) is 11.6. The molecule has 102 valence electrons. The van der Waals surface area contributed by atoms with E-state index in [0.717, 1.165) is 11.4 Å². The molecule has 2 aromatic rings. The van der Waals surface area contributed by atoms with E-state index < -0.39 is 0 Å². The van der Waals surface area contributed by atoms with Crippen LogP contribution in [0.5, 0.6) is 0 Å². The van der Waals surface area contributed by atoms with Crippen molar-refractivity contribution in [1.82, 2.24) is 0 Å². The predicted octanol–water partition coefficient (Wildman–Crippen LogP) is 1.93. The maximum atomic E-state index is 5.67. The van der Waals surface area contributed by atoms with Crippen molar-refractivity contribution in [2.75, 3.05) is 24.8 Å². The van der Waals surface area contributed by atoms with Gasteiger partial charge in [0.25, 0.3) is 6.17 Å².